The van der Waals surface area contributed by atoms with Crippen LogP contribution in [0.1, 0.15) is 34.5 Å². The number of benzene rings is 2. The Labute approximate surface area is 188 Å². The van der Waals surface area contributed by atoms with Crippen LogP contribution in [0.25, 0.3) is 11.4 Å². The Balaban J connectivity index is 1.37. The summed E-state index contributed by atoms with van der Waals surface area (Å²) in [4.78, 5) is 10.8. The van der Waals surface area contributed by atoms with Crippen molar-refractivity contribution in [3.05, 3.63) is 75.6 Å². The van der Waals surface area contributed by atoms with E-state index >= 15 is 0 Å². The quantitative estimate of drug-likeness (QED) is 0.640. The molecule has 0 spiro atoms. The summed E-state index contributed by atoms with van der Waals surface area (Å²) in [5.74, 6) is 0.955. The molecule has 31 heavy (non-hydrogen) atoms. The molecule has 0 fully saturated rings. The highest BCUT2D eigenvalue weighted by Crippen LogP contribution is 2.32. The van der Waals surface area contributed by atoms with E-state index in [0.717, 1.165) is 67.1 Å². The van der Waals surface area contributed by atoms with Gasteiger partial charge in [-0.25, -0.2) is 13.4 Å². The molecule has 7 heteroatoms. The van der Waals surface area contributed by atoms with Crippen LogP contribution in [0.4, 0.5) is 0 Å². The van der Waals surface area contributed by atoms with E-state index in [1.165, 1.54) is 17.4 Å². The second kappa shape index (κ2) is 8.08. The van der Waals surface area contributed by atoms with Crippen molar-refractivity contribution in [3.63, 3.8) is 0 Å². The summed E-state index contributed by atoms with van der Waals surface area (Å²) in [6.45, 7) is 1.80. The Morgan fingerprint density at radius 1 is 1.16 bits per heavy atom. The van der Waals surface area contributed by atoms with Crippen molar-refractivity contribution < 1.29 is 8.42 Å². The second-order valence-electron chi connectivity index (χ2n) is 8.73. The summed E-state index contributed by atoms with van der Waals surface area (Å²) < 4.78 is 23.8. The maximum Gasteiger partial charge on any atom is 0.151 e. The average molecular weight is 456 g/mol. The van der Waals surface area contributed by atoms with E-state index in [0.29, 0.717) is 11.1 Å². The van der Waals surface area contributed by atoms with Crippen LogP contribution in [0.2, 0.25) is 5.02 Å². The zero-order valence-corrected chi connectivity index (χ0v) is 19.1. The Morgan fingerprint density at radius 2 is 2.00 bits per heavy atom. The SMILES string of the molecule is CS(=O)(=O)Cc1cccc2c1CC(N1CCc3nc(-c4ccccc4Cl)[nH]c3C1)CC2. The number of hydrogen-bond donors (Lipinski definition) is 1. The lowest BCUT2D eigenvalue weighted by atomic mass is 9.84. The summed E-state index contributed by atoms with van der Waals surface area (Å²) in [5.41, 5.74) is 6.72. The molecule has 2 heterocycles. The Morgan fingerprint density at radius 3 is 2.81 bits per heavy atom. The molecular formula is C24H26ClN3O2S. The fraction of sp³-hybridized carbons (Fsp3) is 0.375. The second-order valence-corrected chi connectivity index (χ2v) is 11.3. The third-order valence-corrected chi connectivity index (χ3v) is 7.65. The Hall–Kier alpha value is -2.15. The first-order chi connectivity index (χ1) is 14.9. The van der Waals surface area contributed by atoms with Gasteiger partial charge in [0.15, 0.2) is 9.84 Å². The third-order valence-electron chi connectivity index (χ3n) is 6.48. The van der Waals surface area contributed by atoms with Crippen LogP contribution in [-0.4, -0.2) is 42.1 Å². The molecule has 1 aliphatic heterocycles. The third kappa shape index (κ3) is 4.29. The molecule has 1 aliphatic carbocycles. The van der Waals surface area contributed by atoms with Crippen LogP contribution < -0.4 is 0 Å². The summed E-state index contributed by atoms with van der Waals surface area (Å²) in [7, 11) is -3.06. The molecule has 1 N–H and O–H groups in total. The molecule has 1 aromatic heterocycles. The van der Waals surface area contributed by atoms with Crippen molar-refractivity contribution in [3.8, 4) is 11.4 Å². The van der Waals surface area contributed by atoms with Gasteiger partial charge >= 0.3 is 0 Å². The van der Waals surface area contributed by atoms with Crippen LogP contribution in [0.3, 0.4) is 0 Å². The lowest BCUT2D eigenvalue weighted by Gasteiger charge is -2.37. The number of halogens is 1. The van der Waals surface area contributed by atoms with Crippen LogP contribution >= 0.6 is 11.6 Å². The number of H-pyrrole nitrogens is 1. The molecular weight excluding hydrogens is 430 g/mol. The maximum atomic E-state index is 11.9. The lowest BCUT2D eigenvalue weighted by molar-refractivity contribution is 0.160. The van der Waals surface area contributed by atoms with Gasteiger partial charge in [0.2, 0.25) is 0 Å². The number of hydrogen-bond acceptors (Lipinski definition) is 4. The molecule has 0 saturated carbocycles. The van der Waals surface area contributed by atoms with Crippen molar-refractivity contribution in [2.75, 3.05) is 12.8 Å². The zero-order valence-electron chi connectivity index (χ0n) is 17.6. The molecule has 5 nitrogen and oxygen atoms in total. The Bertz CT molecular complexity index is 1240. The number of fused-ring (bicyclic) bond motifs is 2. The van der Waals surface area contributed by atoms with Gasteiger partial charge in [-0.1, -0.05) is 41.9 Å². The van der Waals surface area contributed by atoms with E-state index in [-0.39, 0.29) is 5.75 Å². The number of aromatic nitrogens is 2. The number of aryl methyl sites for hydroxylation is 1. The first-order valence-corrected chi connectivity index (χ1v) is 13.2. The number of sulfone groups is 1. The number of rotatable bonds is 4. The van der Waals surface area contributed by atoms with Crippen molar-refractivity contribution in [1.29, 1.82) is 0 Å². The molecule has 5 rings (SSSR count). The summed E-state index contributed by atoms with van der Waals surface area (Å²) in [6, 6.07) is 14.3. The number of nitrogens with zero attached hydrogens (tertiary/aromatic N) is 2. The van der Waals surface area contributed by atoms with E-state index in [9.17, 15) is 8.42 Å². The lowest BCUT2D eigenvalue weighted by Crippen LogP contribution is -2.42. The van der Waals surface area contributed by atoms with Crippen LogP contribution in [0.15, 0.2) is 42.5 Å². The van der Waals surface area contributed by atoms with Gasteiger partial charge in [-0.15, -0.1) is 0 Å². The molecule has 2 aromatic carbocycles. The van der Waals surface area contributed by atoms with E-state index < -0.39 is 9.84 Å². The molecule has 1 unspecified atom stereocenters. The predicted octanol–water partition coefficient (Wildman–Crippen LogP) is 4.19. The molecule has 1 atom stereocenters. The highest BCUT2D eigenvalue weighted by Gasteiger charge is 2.30. The van der Waals surface area contributed by atoms with Crippen molar-refractivity contribution in [1.82, 2.24) is 14.9 Å². The predicted molar refractivity (Wildman–Crippen MR) is 124 cm³/mol. The van der Waals surface area contributed by atoms with Gasteiger partial charge in [0.25, 0.3) is 0 Å². The number of nitrogens with one attached hydrogen (secondary N) is 1. The van der Waals surface area contributed by atoms with Crippen molar-refractivity contribution in [2.45, 2.75) is 44.0 Å². The molecule has 162 valence electrons. The first kappa shape index (κ1) is 20.7. The average Bonchev–Trinajstić information content (AvgIpc) is 3.16. The fourth-order valence-corrected chi connectivity index (χ4v) is 6.04. The molecule has 0 amide bonds. The molecule has 3 aromatic rings. The van der Waals surface area contributed by atoms with Crippen LogP contribution in [0.5, 0.6) is 0 Å². The van der Waals surface area contributed by atoms with Crippen molar-refractivity contribution in [2.24, 2.45) is 0 Å². The minimum absolute atomic E-state index is 0.120. The monoisotopic (exact) mass is 455 g/mol. The smallest absolute Gasteiger partial charge is 0.151 e. The van der Waals surface area contributed by atoms with Gasteiger partial charge < -0.3 is 4.98 Å². The maximum absolute atomic E-state index is 11.9. The van der Waals surface area contributed by atoms with Gasteiger partial charge in [-0.05, 0) is 48.1 Å². The standard InChI is InChI=1S/C24H26ClN3O2S/c1-31(29,30)15-17-6-4-5-16-9-10-18(13-20(16)17)28-12-11-22-23(14-28)27-24(26-22)19-7-2-3-8-21(19)25/h2-8,18H,9-15H2,1H3,(H,26,27). The Kier molecular flexibility index (Phi) is 5.40. The fourth-order valence-electron chi connectivity index (χ4n) is 4.98. The number of aromatic amines is 1. The molecule has 0 radical (unpaired) electrons. The first-order valence-electron chi connectivity index (χ1n) is 10.7. The van der Waals surface area contributed by atoms with Gasteiger partial charge in [-0.3, -0.25) is 4.90 Å². The van der Waals surface area contributed by atoms with E-state index in [1.54, 1.807) is 0 Å². The van der Waals surface area contributed by atoms with E-state index in [2.05, 4.69) is 16.0 Å². The van der Waals surface area contributed by atoms with Crippen molar-refractivity contribution >= 4 is 21.4 Å². The minimum Gasteiger partial charge on any atom is -0.340 e. The van der Waals surface area contributed by atoms with Crippen LogP contribution in [-0.2, 0) is 41.4 Å². The van der Waals surface area contributed by atoms with Crippen LogP contribution in [0, 0.1) is 0 Å². The highest BCUT2D eigenvalue weighted by atomic mass is 35.5. The van der Waals surface area contributed by atoms with Gasteiger partial charge in [0.05, 0.1) is 22.2 Å². The largest absolute Gasteiger partial charge is 0.340 e. The van der Waals surface area contributed by atoms with E-state index in [4.69, 9.17) is 16.6 Å². The van der Waals surface area contributed by atoms with Gasteiger partial charge in [0.1, 0.15) is 5.82 Å². The number of imidazole rings is 1. The summed E-state index contributed by atoms with van der Waals surface area (Å²) >= 11 is 6.37. The molecule has 0 bridgehead atoms. The normalized spacial score (nSPS) is 19.1. The highest BCUT2D eigenvalue weighted by molar-refractivity contribution is 7.89. The van der Waals surface area contributed by atoms with Gasteiger partial charge in [-0.2, -0.15) is 0 Å². The summed E-state index contributed by atoms with van der Waals surface area (Å²) in [6.07, 6.45) is 5.21. The summed E-state index contributed by atoms with van der Waals surface area (Å²) in [5, 5.41) is 0.702. The minimum atomic E-state index is -3.06. The molecule has 2 aliphatic rings. The zero-order chi connectivity index (χ0) is 21.6. The van der Waals surface area contributed by atoms with Gasteiger partial charge in [0, 0.05) is 37.4 Å². The molecule has 0 saturated heterocycles. The topological polar surface area (TPSA) is 66.1 Å². The van der Waals surface area contributed by atoms with E-state index in [1.807, 2.05) is 36.4 Å².